The number of nitrogens with one attached hydrogen (secondary N) is 1. The van der Waals surface area contributed by atoms with Gasteiger partial charge in [-0.2, -0.15) is 13.2 Å². The molecule has 0 aliphatic rings. The fraction of sp³-hybridized carbons (Fsp3) is 0.308. The molecule has 19 heavy (non-hydrogen) atoms. The zero-order valence-electron chi connectivity index (χ0n) is 10.0. The molecule has 1 aromatic heterocycles. The third-order valence-corrected chi connectivity index (χ3v) is 3.40. The fourth-order valence-corrected chi connectivity index (χ4v) is 2.34. The van der Waals surface area contributed by atoms with Gasteiger partial charge in [0.25, 0.3) is 0 Å². The summed E-state index contributed by atoms with van der Waals surface area (Å²) in [5.41, 5.74) is 0.636. The number of halogens is 3. The summed E-state index contributed by atoms with van der Waals surface area (Å²) in [6.45, 7) is 0.341. The second kappa shape index (κ2) is 6.16. The van der Waals surface area contributed by atoms with E-state index in [0.717, 1.165) is 5.01 Å². The van der Waals surface area contributed by atoms with E-state index in [1.54, 1.807) is 41.9 Å². The lowest BCUT2D eigenvalue weighted by molar-refractivity contribution is -0.140. The zero-order chi connectivity index (χ0) is 13.7. The summed E-state index contributed by atoms with van der Waals surface area (Å²) in [7, 11) is 0. The number of aromatic nitrogens is 1. The molecule has 0 radical (unpaired) electrons. The van der Waals surface area contributed by atoms with Crippen LogP contribution in [-0.2, 0) is 6.54 Å². The summed E-state index contributed by atoms with van der Waals surface area (Å²) in [5.74, 6) is 0. The van der Waals surface area contributed by atoms with Gasteiger partial charge in [0.15, 0.2) is 0 Å². The molecule has 1 heterocycles. The molecule has 0 bridgehead atoms. The number of hydrogen-bond acceptors (Lipinski definition) is 3. The van der Waals surface area contributed by atoms with Gasteiger partial charge >= 0.3 is 6.18 Å². The highest BCUT2D eigenvalue weighted by Gasteiger charge is 2.32. The molecular weight excluding hydrogens is 273 g/mol. The van der Waals surface area contributed by atoms with Crippen molar-refractivity contribution in [1.82, 2.24) is 10.3 Å². The second-order valence-electron chi connectivity index (χ2n) is 4.09. The van der Waals surface area contributed by atoms with Crippen molar-refractivity contribution >= 4 is 11.3 Å². The third-order valence-electron chi connectivity index (χ3n) is 2.62. The number of thiazole rings is 1. The number of hydrogen-bond donors (Lipinski definition) is 1. The van der Waals surface area contributed by atoms with Crippen molar-refractivity contribution in [2.24, 2.45) is 0 Å². The normalized spacial score (nSPS) is 13.4. The molecule has 2 nitrogen and oxygen atoms in total. The van der Waals surface area contributed by atoms with E-state index in [1.807, 2.05) is 0 Å². The Kier molecular flexibility index (Phi) is 4.55. The van der Waals surface area contributed by atoms with Gasteiger partial charge in [-0.3, -0.25) is 0 Å². The van der Waals surface area contributed by atoms with Gasteiger partial charge in [-0.1, -0.05) is 30.3 Å². The summed E-state index contributed by atoms with van der Waals surface area (Å²) in [6, 6.07) is 7.92. The van der Waals surface area contributed by atoms with Crippen LogP contribution in [0.25, 0.3) is 0 Å². The Morgan fingerprint density at radius 2 is 1.95 bits per heavy atom. The first-order valence-corrected chi connectivity index (χ1v) is 6.66. The fourth-order valence-electron chi connectivity index (χ4n) is 1.78. The van der Waals surface area contributed by atoms with Crippen molar-refractivity contribution in [2.75, 3.05) is 0 Å². The van der Waals surface area contributed by atoms with E-state index in [1.165, 1.54) is 11.3 Å². The molecule has 102 valence electrons. The van der Waals surface area contributed by atoms with Gasteiger partial charge in [0.1, 0.15) is 5.01 Å². The van der Waals surface area contributed by atoms with Crippen LogP contribution < -0.4 is 5.32 Å². The van der Waals surface area contributed by atoms with E-state index >= 15 is 0 Å². The average molecular weight is 286 g/mol. The minimum atomic E-state index is -4.20. The average Bonchev–Trinajstić information content (AvgIpc) is 2.87. The molecule has 1 atom stereocenters. The number of rotatable bonds is 5. The monoisotopic (exact) mass is 286 g/mol. The largest absolute Gasteiger partial charge is 0.390 e. The highest BCUT2D eigenvalue weighted by molar-refractivity contribution is 7.09. The minimum absolute atomic E-state index is 0.341. The Bertz CT molecular complexity index is 482. The number of nitrogens with zero attached hydrogens (tertiary/aromatic N) is 1. The van der Waals surface area contributed by atoms with Gasteiger partial charge in [0.2, 0.25) is 0 Å². The Labute approximate surface area is 113 Å². The second-order valence-corrected chi connectivity index (χ2v) is 5.07. The molecule has 0 spiro atoms. The molecule has 0 saturated heterocycles. The minimum Gasteiger partial charge on any atom is -0.303 e. The van der Waals surface area contributed by atoms with E-state index in [9.17, 15) is 13.2 Å². The van der Waals surface area contributed by atoms with Crippen molar-refractivity contribution in [3.05, 3.63) is 52.5 Å². The predicted octanol–water partition coefficient (Wildman–Crippen LogP) is 3.93. The molecule has 2 rings (SSSR count). The molecule has 0 amide bonds. The Hall–Kier alpha value is -1.40. The highest BCUT2D eigenvalue weighted by atomic mass is 32.1. The van der Waals surface area contributed by atoms with Gasteiger partial charge in [-0.25, -0.2) is 4.98 Å². The van der Waals surface area contributed by atoms with E-state index in [4.69, 9.17) is 0 Å². The Balaban J connectivity index is 2.06. The van der Waals surface area contributed by atoms with Crippen LogP contribution in [0.1, 0.15) is 23.0 Å². The van der Waals surface area contributed by atoms with Crippen LogP contribution in [0, 0.1) is 0 Å². The smallest absolute Gasteiger partial charge is 0.303 e. The maximum atomic E-state index is 12.6. The van der Waals surface area contributed by atoms with Crippen LogP contribution in [-0.4, -0.2) is 11.2 Å². The van der Waals surface area contributed by atoms with E-state index in [-0.39, 0.29) is 0 Å². The molecular formula is C13H13F3N2S. The van der Waals surface area contributed by atoms with Gasteiger partial charge in [-0.05, 0) is 5.56 Å². The molecule has 1 aromatic carbocycles. The van der Waals surface area contributed by atoms with Crippen LogP contribution >= 0.6 is 11.3 Å². The zero-order valence-corrected chi connectivity index (χ0v) is 10.8. The van der Waals surface area contributed by atoms with E-state index in [0.29, 0.717) is 12.1 Å². The quantitative estimate of drug-likeness (QED) is 0.901. The van der Waals surface area contributed by atoms with Crippen LogP contribution in [0.4, 0.5) is 13.2 Å². The van der Waals surface area contributed by atoms with Crippen molar-refractivity contribution in [3.63, 3.8) is 0 Å². The lowest BCUT2D eigenvalue weighted by Gasteiger charge is -2.20. The van der Waals surface area contributed by atoms with Gasteiger partial charge < -0.3 is 5.32 Å². The maximum absolute atomic E-state index is 12.6. The lowest BCUT2D eigenvalue weighted by atomic mass is 10.0. The summed E-state index contributed by atoms with van der Waals surface area (Å²) in [6.07, 6.45) is -3.44. The Morgan fingerprint density at radius 1 is 1.21 bits per heavy atom. The van der Waals surface area contributed by atoms with Gasteiger partial charge in [0, 0.05) is 24.2 Å². The van der Waals surface area contributed by atoms with Crippen molar-refractivity contribution in [3.8, 4) is 0 Å². The molecule has 0 aliphatic heterocycles. The maximum Gasteiger partial charge on any atom is 0.390 e. The first-order chi connectivity index (χ1) is 9.04. The summed E-state index contributed by atoms with van der Waals surface area (Å²) in [5, 5.41) is 5.51. The van der Waals surface area contributed by atoms with Gasteiger partial charge in [0.05, 0.1) is 6.42 Å². The number of alkyl halides is 3. The van der Waals surface area contributed by atoms with E-state index < -0.39 is 18.6 Å². The van der Waals surface area contributed by atoms with Crippen LogP contribution in [0.5, 0.6) is 0 Å². The molecule has 1 unspecified atom stereocenters. The molecule has 6 heteroatoms. The van der Waals surface area contributed by atoms with Gasteiger partial charge in [-0.15, -0.1) is 11.3 Å². The Morgan fingerprint density at radius 3 is 2.53 bits per heavy atom. The first kappa shape index (κ1) is 14.0. The third kappa shape index (κ3) is 4.65. The summed E-state index contributed by atoms with van der Waals surface area (Å²) < 4.78 is 37.8. The molecule has 0 aliphatic carbocycles. The van der Waals surface area contributed by atoms with Crippen molar-refractivity contribution < 1.29 is 13.2 Å². The summed E-state index contributed by atoms with van der Waals surface area (Å²) >= 11 is 1.42. The molecule has 0 saturated carbocycles. The topological polar surface area (TPSA) is 24.9 Å². The van der Waals surface area contributed by atoms with Crippen molar-refractivity contribution in [1.29, 1.82) is 0 Å². The summed E-state index contributed by atoms with van der Waals surface area (Å²) in [4.78, 5) is 4.05. The SMILES string of the molecule is FC(F)(F)CC(NCc1nccs1)c1ccccc1. The van der Waals surface area contributed by atoms with E-state index in [2.05, 4.69) is 10.3 Å². The molecule has 1 N–H and O–H groups in total. The van der Waals surface area contributed by atoms with Crippen molar-refractivity contribution in [2.45, 2.75) is 25.2 Å². The lowest BCUT2D eigenvalue weighted by Crippen LogP contribution is -2.26. The number of benzene rings is 1. The van der Waals surface area contributed by atoms with Crippen LogP contribution in [0.15, 0.2) is 41.9 Å². The predicted molar refractivity (Wildman–Crippen MR) is 68.8 cm³/mol. The molecule has 0 fully saturated rings. The van der Waals surface area contributed by atoms with Crippen LogP contribution in [0.3, 0.4) is 0 Å². The molecule has 2 aromatic rings. The highest BCUT2D eigenvalue weighted by Crippen LogP contribution is 2.29. The first-order valence-electron chi connectivity index (χ1n) is 5.78. The van der Waals surface area contributed by atoms with Crippen LogP contribution in [0.2, 0.25) is 0 Å². The standard InChI is InChI=1S/C13H13F3N2S/c14-13(15,16)8-11(10-4-2-1-3-5-10)18-9-12-17-6-7-19-12/h1-7,11,18H,8-9H2.